The molecule has 0 aliphatic carbocycles. The van der Waals surface area contributed by atoms with E-state index in [1.165, 1.54) is 37.7 Å². The van der Waals surface area contributed by atoms with E-state index in [1.807, 2.05) is 0 Å². The number of hydrogen-bond donors (Lipinski definition) is 0. The highest BCUT2D eigenvalue weighted by Crippen LogP contribution is 2.04. The van der Waals surface area contributed by atoms with Gasteiger partial charge in [0.2, 0.25) is 0 Å². The fourth-order valence-corrected chi connectivity index (χ4v) is 1.93. The first-order valence-electron chi connectivity index (χ1n) is 7.29. The summed E-state index contributed by atoms with van der Waals surface area (Å²) in [5.41, 5.74) is 1.42. The molecule has 0 atom stereocenters. The largest absolute Gasteiger partial charge is 0.0845 e. The molecule has 0 bridgehead atoms. The number of allylic oxidation sites excluding steroid dienone is 4. The minimum atomic E-state index is 1.13. The predicted molar refractivity (Wildman–Crippen MR) is 81.8 cm³/mol. The van der Waals surface area contributed by atoms with Crippen molar-refractivity contribution in [3.63, 3.8) is 0 Å². The Kier molecular flexibility index (Phi) is 8.88. The van der Waals surface area contributed by atoms with E-state index >= 15 is 0 Å². The van der Waals surface area contributed by atoms with Crippen LogP contribution < -0.4 is 0 Å². The Bertz CT molecular complexity index is 332. The molecule has 0 aromatic heterocycles. The van der Waals surface area contributed by atoms with Crippen LogP contribution in [-0.4, -0.2) is 0 Å². The van der Waals surface area contributed by atoms with Crippen molar-refractivity contribution in [2.75, 3.05) is 0 Å². The van der Waals surface area contributed by atoms with E-state index in [2.05, 4.69) is 61.6 Å². The molecule has 18 heavy (non-hydrogen) atoms. The van der Waals surface area contributed by atoms with Crippen molar-refractivity contribution in [2.45, 2.75) is 51.9 Å². The monoisotopic (exact) mass is 242 g/mol. The number of aryl methyl sites for hydroxylation is 1. The predicted octanol–water partition coefficient (Wildman–Crippen LogP) is 5.70. The van der Waals surface area contributed by atoms with Gasteiger partial charge in [0.1, 0.15) is 0 Å². The number of unbranched alkanes of at least 4 members (excludes halogenated alkanes) is 4. The van der Waals surface area contributed by atoms with Crippen LogP contribution in [0.5, 0.6) is 0 Å². The van der Waals surface area contributed by atoms with E-state index in [0.717, 1.165) is 12.8 Å². The summed E-state index contributed by atoms with van der Waals surface area (Å²) in [6, 6.07) is 10.7. The van der Waals surface area contributed by atoms with Crippen LogP contribution in [0.2, 0.25) is 0 Å². The van der Waals surface area contributed by atoms with Gasteiger partial charge in [-0.3, -0.25) is 0 Å². The van der Waals surface area contributed by atoms with Gasteiger partial charge in [0.25, 0.3) is 0 Å². The molecule has 0 spiro atoms. The Labute approximate surface area is 112 Å². The molecule has 0 radical (unpaired) electrons. The molecule has 0 fully saturated rings. The third kappa shape index (κ3) is 7.89. The van der Waals surface area contributed by atoms with Gasteiger partial charge >= 0.3 is 0 Å². The Hall–Kier alpha value is -1.30. The molecule has 0 aliphatic rings. The van der Waals surface area contributed by atoms with Crippen LogP contribution >= 0.6 is 0 Å². The molecule has 0 N–H and O–H groups in total. The van der Waals surface area contributed by atoms with E-state index in [-0.39, 0.29) is 0 Å². The minimum absolute atomic E-state index is 1.13. The van der Waals surface area contributed by atoms with Crippen molar-refractivity contribution in [1.82, 2.24) is 0 Å². The third-order valence-electron chi connectivity index (χ3n) is 3.05. The molecule has 0 saturated heterocycles. The van der Waals surface area contributed by atoms with Crippen LogP contribution in [-0.2, 0) is 6.42 Å². The summed E-state index contributed by atoms with van der Waals surface area (Å²) in [6.07, 6.45) is 17.8. The Morgan fingerprint density at radius 1 is 0.833 bits per heavy atom. The van der Waals surface area contributed by atoms with Gasteiger partial charge in [-0.1, -0.05) is 80.8 Å². The first-order valence-corrected chi connectivity index (χ1v) is 7.29. The highest BCUT2D eigenvalue weighted by Gasteiger charge is 1.87. The van der Waals surface area contributed by atoms with E-state index in [9.17, 15) is 0 Å². The molecule has 0 heteroatoms. The molecule has 0 heterocycles. The fourth-order valence-electron chi connectivity index (χ4n) is 1.93. The van der Waals surface area contributed by atoms with Crippen LogP contribution in [0.1, 0.15) is 51.0 Å². The molecule has 1 aromatic carbocycles. The molecular formula is C18H26. The molecule has 0 aliphatic heterocycles. The normalized spacial score (nSPS) is 11.6. The summed E-state index contributed by atoms with van der Waals surface area (Å²) >= 11 is 0. The highest BCUT2D eigenvalue weighted by atomic mass is 13.9. The zero-order valence-corrected chi connectivity index (χ0v) is 11.6. The summed E-state index contributed by atoms with van der Waals surface area (Å²) in [7, 11) is 0. The van der Waals surface area contributed by atoms with Gasteiger partial charge in [0.15, 0.2) is 0 Å². The van der Waals surface area contributed by atoms with Gasteiger partial charge in [0, 0.05) is 0 Å². The lowest BCUT2D eigenvalue weighted by atomic mass is 10.1. The molecule has 0 nitrogen and oxygen atoms in total. The van der Waals surface area contributed by atoms with Crippen LogP contribution in [0.4, 0.5) is 0 Å². The van der Waals surface area contributed by atoms with Crippen molar-refractivity contribution in [3.05, 3.63) is 60.2 Å². The zero-order valence-electron chi connectivity index (χ0n) is 11.6. The maximum absolute atomic E-state index is 2.29. The van der Waals surface area contributed by atoms with E-state index < -0.39 is 0 Å². The van der Waals surface area contributed by atoms with E-state index in [0.29, 0.717) is 0 Å². The van der Waals surface area contributed by atoms with Crippen molar-refractivity contribution in [1.29, 1.82) is 0 Å². The fraction of sp³-hybridized carbons (Fsp3) is 0.444. The maximum Gasteiger partial charge on any atom is -0.0244 e. The van der Waals surface area contributed by atoms with E-state index in [1.54, 1.807) is 0 Å². The molecule has 0 amide bonds. The quantitative estimate of drug-likeness (QED) is 0.385. The number of rotatable bonds is 9. The SMILES string of the molecule is CCCCCCC=CC=CCCc1ccccc1. The van der Waals surface area contributed by atoms with Gasteiger partial charge in [0.05, 0.1) is 0 Å². The van der Waals surface area contributed by atoms with Crippen LogP contribution in [0.25, 0.3) is 0 Å². The average Bonchev–Trinajstić information content (AvgIpc) is 2.42. The second kappa shape index (κ2) is 10.8. The summed E-state index contributed by atoms with van der Waals surface area (Å²) in [5.74, 6) is 0. The second-order valence-electron chi connectivity index (χ2n) is 4.73. The summed E-state index contributed by atoms with van der Waals surface area (Å²) < 4.78 is 0. The second-order valence-corrected chi connectivity index (χ2v) is 4.73. The lowest BCUT2D eigenvalue weighted by Crippen LogP contribution is -1.80. The minimum Gasteiger partial charge on any atom is -0.0845 e. The van der Waals surface area contributed by atoms with Crippen molar-refractivity contribution in [3.8, 4) is 0 Å². The first-order chi connectivity index (χ1) is 8.93. The summed E-state index contributed by atoms with van der Waals surface area (Å²) in [5, 5.41) is 0. The van der Waals surface area contributed by atoms with Crippen LogP contribution in [0.3, 0.4) is 0 Å². The van der Waals surface area contributed by atoms with Crippen molar-refractivity contribution >= 4 is 0 Å². The molecule has 1 aromatic rings. The van der Waals surface area contributed by atoms with Crippen LogP contribution in [0.15, 0.2) is 54.6 Å². The van der Waals surface area contributed by atoms with Gasteiger partial charge in [-0.25, -0.2) is 0 Å². The summed E-state index contributed by atoms with van der Waals surface area (Å²) in [4.78, 5) is 0. The maximum atomic E-state index is 2.29. The van der Waals surface area contributed by atoms with Gasteiger partial charge in [-0.15, -0.1) is 0 Å². The zero-order chi connectivity index (χ0) is 12.9. The molecule has 98 valence electrons. The molecule has 1 rings (SSSR count). The molecule has 0 saturated carbocycles. The lowest BCUT2D eigenvalue weighted by molar-refractivity contribution is 0.674. The van der Waals surface area contributed by atoms with Gasteiger partial charge in [-0.05, 0) is 31.2 Å². The topological polar surface area (TPSA) is 0 Å². The van der Waals surface area contributed by atoms with Crippen molar-refractivity contribution < 1.29 is 0 Å². The van der Waals surface area contributed by atoms with Gasteiger partial charge < -0.3 is 0 Å². The average molecular weight is 242 g/mol. The molecule has 0 unspecified atom stereocenters. The lowest BCUT2D eigenvalue weighted by Gasteiger charge is -1.95. The van der Waals surface area contributed by atoms with Gasteiger partial charge in [-0.2, -0.15) is 0 Å². The first kappa shape index (κ1) is 14.8. The standard InChI is InChI=1S/C18H26/c1-2-3-4-5-6-7-8-9-10-12-15-18-16-13-11-14-17-18/h7-11,13-14,16-17H,2-6,12,15H2,1H3. The van der Waals surface area contributed by atoms with E-state index in [4.69, 9.17) is 0 Å². The third-order valence-corrected chi connectivity index (χ3v) is 3.05. The van der Waals surface area contributed by atoms with Crippen LogP contribution in [0, 0.1) is 0 Å². The Morgan fingerprint density at radius 3 is 2.28 bits per heavy atom. The van der Waals surface area contributed by atoms with Crippen molar-refractivity contribution in [2.24, 2.45) is 0 Å². The number of benzene rings is 1. The Morgan fingerprint density at radius 2 is 1.56 bits per heavy atom. The highest BCUT2D eigenvalue weighted by molar-refractivity contribution is 5.15. The summed E-state index contributed by atoms with van der Waals surface area (Å²) in [6.45, 7) is 2.26. The smallest absolute Gasteiger partial charge is 0.0244 e. The Balaban J connectivity index is 2.02. The number of hydrogen-bond acceptors (Lipinski definition) is 0. The molecular weight excluding hydrogens is 216 g/mol.